The molecule has 3 saturated heterocycles. The lowest BCUT2D eigenvalue weighted by atomic mass is 9.60. The Morgan fingerprint density at radius 1 is 1.13 bits per heavy atom. The smallest absolute Gasteiger partial charge is 0.409 e. The lowest BCUT2D eigenvalue weighted by molar-refractivity contribution is -0.127. The van der Waals surface area contributed by atoms with Gasteiger partial charge in [0.05, 0.1) is 12.6 Å². The molecular weight excluding hydrogens is 390 g/mol. The zero-order valence-corrected chi connectivity index (χ0v) is 18.9. The molecule has 3 heterocycles. The summed E-state index contributed by atoms with van der Waals surface area (Å²) in [5.41, 5.74) is 3.10. The molecule has 31 heavy (non-hydrogen) atoms. The van der Waals surface area contributed by atoms with Crippen molar-refractivity contribution >= 4 is 12.0 Å². The second kappa shape index (κ2) is 8.12. The van der Waals surface area contributed by atoms with Crippen LogP contribution in [0.25, 0.3) is 0 Å². The molecule has 2 unspecified atom stereocenters. The highest BCUT2D eigenvalue weighted by Crippen LogP contribution is 2.55. The van der Waals surface area contributed by atoms with Gasteiger partial charge in [0.1, 0.15) is 0 Å². The van der Waals surface area contributed by atoms with Crippen LogP contribution in [-0.2, 0) is 14.9 Å². The number of hydrogen-bond acceptors (Lipinski definition) is 4. The third kappa shape index (κ3) is 3.53. The van der Waals surface area contributed by atoms with Gasteiger partial charge in [-0.2, -0.15) is 0 Å². The van der Waals surface area contributed by atoms with Crippen molar-refractivity contribution in [2.24, 2.45) is 5.92 Å². The van der Waals surface area contributed by atoms with Gasteiger partial charge in [-0.3, -0.25) is 4.79 Å². The summed E-state index contributed by atoms with van der Waals surface area (Å²) in [7, 11) is 1.98. The number of fused-ring (bicyclic) bond motifs is 4. The minimum absolute atomic E-state index is 0.164. The predicted molar refractivity (Wildman–Crippen MR) is 119 cm³/mol. The molecule has 2 atom stereocenters. The number of benzene rings is 1. The van der Waals surface area contributed by atoms with Crippen LogP contribution in [0.4, 0.5) is 4.79 Å². The van der Waals surface area contributed by atoms with E-state index in [4.69, 9.17) is 4.74 Å². The fourth-order valence-electron chi connectivity index (χ4n) is 6.87. The van der Waals surface area contributed by atoms with Crippen molar-refractivity contribution in [2.75, 3.05) is 39.8 Å². The lowest BCUT2D eigenvalue weighted by Crippen LogP contribution is -2.52. The zero-order valence-electron chi connectivity index (χ0n) is 18.9. The fraction of sp³-hybridized carbons (Fsp3) is 0.680. The van der Waals surface area contributed by atoms with E-state index in [0.717, 1.165) is 45.4 Å². The summed E-state index contributed by atoms with van der Waals surface area (Å²) in [4.78, 5) is 31.0. The Labute approximate surface area is 185 Å². The molecule has 0 bridgehead atoms. The average molecular weight is 426 g/mol. The Bertz CT molecular complexity index is 840. The lowest BCUT2D eigenvalue weighted by Gasteiger charge is -2.51. The van der Waals surface area contributed by atoms with Gasteiger partial charge in [0.2, 0.25) is 5.91 Å². The Balaban J connectivity index is 1.27. The van der Waals surface area contributed by atoms with Gasteiger partial charge in [-0.05, 0) is 74.6 Å². The Kier molecular flexibility index (Phi) is 5.45. The Hall–Kier alpha value is -2.08. The summed E-state index contributed by atoms with van der Waals surface area (Å²) in [6.07, 6.45) is 6.08. The van der Waals surface area contributed by atoms with Crippen LogP contribution in [0, 0.1) is 5.92 Å². The fourth-order valence-corrected chi connectivity index (χ4v) is 6.87. The average Bonchev–Trinajstić information content (AvgIpc) is 3.08. The molecule has 2 amide bonds. The molecule has 0 N–H and O–H groups in total. The van der Waals surface area contributed by atoms with Crippen molar-refractivity contribution in [1.29, 1.82) is 0 Å². The molecule has 6 nitrogen and oxygen atoms in total. The van der Waals surface area contributed by atoms with Crippen LogP contribution >= 0.6 is 0 Å². The summed E-state index contributed by atoms with van der Waals surface area (Å²) >= 11 is 0. The van der Waals surface area contributed by atoms with Gasteiger partial charge in [-0.15, -0.1) is 0 Å². The first-order valence-corrected chi connectivity index (χ1v) is 12.0. The van der Waals surface area contributed by atoms with Gasteiger partial charge < -0.3 is 19.4 Å². The number of amides is 2. The van der Waals surface area contributed by atoms with Crippen LogP contribution in [0.15, 0.2) is 24.3 Å². The minimum Gasteiger partial charge on any atom is -0.450 e. The highest BCUT2D eigenvalue weighted by Gasteiger charge is 2.51. The number of piperidine rings is 2. The van der Waals surface area contributed by atoms with Gasteiger partial charge >= 0.3 is 6.09 Å². The SMILES string of the molecule is CCOC(=O)N1CCC(N2CCC3(CC2)CC2CC(=O)N(C)C2c2ccccc23)CC1. The second-order valence-electron chi connectivity index (χ2n) is 9.94. The minimum atomic E-state index is -0.164. The number of nitrogens with zero attached hydrogens (tertiary/aromatic N) is 3. The maximum atomic E-state index is 12.5. The number of carbonyl (C=O) groups is 2. The molecule has 5 rings (SSSR count). The van der Waals surface area contributed by atoms with E-state index < -0.39 is 0 Å². The van der Waals surface area contributed by atoms with Crippen LogP contribution in [-0.4, -0.2) is 72.6 Å². The van der Waals surface area contributed by atoms with E-state index in [0.29, 0.717) is 30.9 Å². The molecule has 1 spiro atoms. The molecule has 3 aliphatic heterocycles. The topological polar surface area (TPSA) is 53.1 Å². The molecule has 0 radical (unpaired) electrons. The van der Waals surface area contributed by atoms with Crippen LogP contribution in [0.1, 0.15) is 62.6 Å². The standard InChI is InChI=1S/C25H35N3O3/c1-3-31-24(30)28-12-8-19(9-13-28)27-14-10-25(11-15-27)17-18-16-22(29)26(2)23(18)20-6-4-5-7-21(20)25/h4-7,18-19,23H,3,8-17H2,1-2H3. The first kappa shape index (κ1) is 20.8. The number of hydrogen-bond donors (Lipinski definition) is 0. The van der Waals surface area contributed by atoms with Gasteiger partial charge in [-0.1, -0.05) is 24.3 Å². The highest BCUT2D eigenvalue weighted by molar-refractivity contribution is 5.80. The monoisotopic (exact) mass is 425 g/mol. The molecule has 0 aromatic heterocycles. The molecule has 3 fully saturated rings. The van der Waals surface area contributed by atoms with E-state index in [9.17, 15) is 9.59 Å². The molecule has 1 aromatic carbocycles. The zero-order chi connectivity index (χ0) is 21.6. The first-order valence-electron chi connectivity index (χ1n) is 12.0. The third-order valence-electron chi connectivity index (χ3n) is 8.46. The van der Waals surface area contributed by atoms with E-state index in [-0.39, 0.29) is 17.6 Å². The van der Waals surface area contributed by atoms with Crippen LogP contribution in [0.3, 0.4) is 0 Å². The molecule has 0 saturated carbocycles. The molecule has 1 aliphatic carbocycles. The predicted octanol–water partition coefficient (Wildman–Crippen LogP) is 3.56. The maximum Gasteiger partial charge on any atom is 0.409 e. The van der Waals surface area contributed by atoms with E-state index in [1.165, 1.54) is 24.0 Å². The quantitative estimate of drug-likeness (QED) is 0.727. The van der Waals surface area contributed by atoms with Gasteiger partial charge in [0.15, 0.2) is 0 Å². The highest BCUT2D eigenvalue weighted by atomic mass is 16.6. The normalized spacial score (nSPS) is 28.5. The van der Waals surface area contributed by atoms with Gasteiger partial charge in [0.25, 0.3) is 0 Å². The van der Waals surface area contributed by atoms with Crippen LogP contribution < -0.4 is 0 Å². The largest absolute Gasteiger partial charge is 0.450 e. The van der Waals surface area contributed by atoms with Gasteiger partial charge in [-0.25, -0.2) is 4.79 Å². The van der Waals surface area contributed by atoms with Crippen molar-refractivity contribution < 1.29 is 14.3 Å². The van der Waals surface area contributed by atoms with Gasteiger partial charge in [0, 0.05) is 32.6 Å². The number of likely N-dealkylation sites (tertiary alicyclic amines) is 3. The van der Waals surface area contributed by atoms with Crippen molar-refractivity contribution in [3.8, 4) is 0 Å². The summed E-state index contributed by atoms with van der Waals surface area (Å²) in [6, 6.07) is 9.73. The van der Waals surface area contributed by atoms with Crippen LogP contribution in [0.5, 0.6) is 0 Å². The number of ether oxygens (including phenoxy) is 1. The third-order valence-corrected chi connectivity index (χ3v) is 8.46. The Morgan fingerprint density at radius 2 is 1.84 bits per heavy atom. The second-order valence-corrected chi connectivity index (χ2v) is 9.94. The molecule has 6 heteroatoms. The van der Waals surface area contributed by atoms with Crippen molar-refractivity contribution in [1.82, 2.24) is 14.7 Å². The van der Waals surface area contributed by atoms with E-state index in [1.807, 2.05) is 23.8 Å². The number of carbonyl (C=O) groups excluding carboxylic acids is 2. The molecular formula is C25H35N3O3. The summed E-state index contributed by atoms with van der Waals surface area (Å²) in [6.45, 7) is 6.12. The summed E-state index contributed by atoms with van der Waals surface area (Å²) < 4.78 is 5.17. The molecule has 168 valence electrons. The summed E-state index contributed by atoms with van der Waals surface area (Å²) in [5.74, 6) is 0.749. The van der Waals surface area contributed by atoms with E-state index in [1.54, 1.807) is 0 Å². The molecule has 4 aliphatic rings. The van der Waals surface area contributed by atoms with Crippen LogP contribution in [0.2, 0.25) is 0 Å². The van der Waals surface area contributed by atoms with Crippen molar-refractivity contribution in [3.63, 3.8) is 0 Å². The molecule has 1 aromatic rings. The van der Waals surface area contributed by atoms with Crippen molar-refractivity contribution in [2.45, 2.75) is 62.9 Å². The van der Waals surface area contributed by atoms with Crippen molar-refractivity contribution in [3.05, 3.63) is 35.4 Å². The maximum absolute atomic E-state index is 12.5. The van der Waals surface area contributed by atoms with E-state index >= 15 is 0 Å². The first-order chi connectivity index (χ1) is 15.0. The van der Waals surface area contributed by atoms with E-state index in [2.05, 4.69) is 29.2 Å². The Morgan fingerprint density at radius 3 is 2.55 bits per heavy atom. The number of rotatable bonds is 2. The summed E-state index contributed by atoms with van der Waals surface area (Å²) in [5, 5.41) is 0.